The van der Waals surface area contributed by atoms with Crippen LogP contribution in [-0.2, 0) is 4.74 Å². The van der Waals surface area contributed by atoms with E-state index in [9.17, 15) is 9.18 Å². The molecule has 1 aromatic carbocycles. The molecule has 1 saturated carbocycles. The van der Waals surface area contributed by atoms with Crippen molar-refractivity contribution in [2.24, 2.45) is 0 Å². The summed E-state index contributed by atoms with van der Waals surface area (Å²) >= 11 is 0. The molecule has 1 aliphatic carbocycles. The van der Waals surface area contributed by atoms with Crippen LogP contribution in [0.15, 0.2) is 30.7 Å². The minimum absolute atomic E-state index is 0.319. The maximum atomic E-state index is 14.3. The van der Waals surface area contributed by atoms with Crippen LogP contribution in [0.4, 0.5) is 4.39 Å². The maximum Gasteiger partial charge on any atom is 0.253 e. The molecule has 22 heavy (non-hydrogen) atoms. The average Bonchev–Trinajstić information content (AvgIpc) is 3.27. The van der Waals surface area contributed by atoms with Gasteiger partial charge in [0.1, 0.15) is 0 Å². The third-order valence-electron chi connectivity index (χ3n) is 4.27. The molecule has 0 spiro atoms. The van der Waals surface area contributed by atoms with E-state index in [1.807, 2.05) is 10.8 Å². The van der Waals surface area contributed by atoms with E-state index >= 15 is 0 Å². The second kappa shape index (κ2) is 4.91. The molecule has 1 N–H and O–H groups in total. The lowest BCUT2D eigenvalue weighted by Crippen LogP contribution is -2.44. The molecular formula is C16H16FN3O2. The van der Waals surface area contributed by atoms with E-state index in [1.165, 1.54) is 20.0 Å². The summed E-state index contributed by atoms with van der Waals surface area (Å²) in [5.41, 5.74) is 2.59. The van der Waals surface area contributed by atoms with Crippen LogP contribution in [0.25, 0.3) is 5.69 Å². The van der Waals surface area contributed by atoms with Gasteiger partial charge >= 0.3 is 0 Å². The Labute approximate surface area is 127 Å². The van der Waals surface area contributed by atoms with Crippen molar-refractivity contribution in [3.63, 3.8) is 0 Å². The van der Waals surface area contributed by atoms with E-state index in [2.05, 4.69) is 10.3 Å². The van der Waals surface area contributed by atoms with Gasteiger partial charge in [0.15, 0.2) is 12.4 Å². The van der Waals surface area contributed by atoms with E-state index in [1.54, 1.807) is 24.5 Å². The highest BCUT2D eigenvalue weighted by Crippen LogP contribution is 2.39. The van der Waals surface area contributed by atoms with Crippen LogP contribution in [0.2, 0.25) is 0 Å². The molecule has 0 bridgehead atoms. The van der Waals surface area contributed by atoms with E-state index < -0.39 is 12.4 Å². The van der Waals surface area contributed by atoms with Gasteiger partial charge < -0.3 is 14.6 Å². The lowest BCUT2D eigenvalue weighted by Gasteiger charge is -2.28. The lowest BCUT2D eigenvalue weighted by molar-refractivity contribution is 0.00278. The van der Waals surface area contributed by atoms with E-state index in [0.29, 0.717) is 17.0 Å². The molecule has 5 nitrogen and oxygen atoms in total. The molecule has 114 valence electrons. The summed E-state index contributed by atoms with van der Waals surface area (Å²) in [5.74, 6) is 0.250. The monoisotopic (exact) mass is 301 g/mol. The summed E-state index contributed by atoms with van der Waals surface area (Å²) in [4.78, 5) is 16.5. The predicted octanol–water partition coefficient (Wildman–Crippen LogP) is 2.48. The van der Waals surface area contributed by atoms with Crippen molar-refractivity contribution in [3.8, 4) is 5.69 Å². The molecule has 2 unspecified atom stereocenters. The Morgan fingerprint density at radius 3 is 2.95 bits per heavy atom. The van der Waals surface area contributed by atoms with Crippen molar-refractivity contribution >= 4 is 5.91 Å². The first kappa shape index (κ1) is 13.5. The molecule has 0 radical (unpaired) electrons. The molecule has 1 aliphatic heterocycles. The van der Waals surface area contributed by atoms with Crippen molar-refractivity contribution in [3.05, 3.63) is 47.5 Å². The number of alkyl halides is 1. The topological polar surface area (TPSA) is 56.1 Å². The average molecular weight is 301 g/mol. The van der Waals surface area contributed by atoms with Crippen LogP contribution < -0.4 is 5.32 Å². The Hall–Kier alpha value is -2.21. The zero-order valence-electron chi connectivity index (χ0n) is 12.1. The number of rotatable bonds is 3. The van der Waals surface area contributed by atoms with E-state index in [0.717, 1.165) is 11.4 Å². The number of aromatic nitrogens is 2. The van der Waals surface area contributed by atoms with Gasteiger partial charge in [0.25, 0.3) is 5.91 Å². The van der Waals surface area contributed by atoms with Crippen molar-refractivity contribution < 1.29 is 13.9 Å². The molecule has 2 aliphatic rings. The normalized spacial score (nSPS) is 24.0. The fourth-order valence-corrected chi connectivity index (χ4v) is 2.83. The largest absolute Gasteiger partial charge is 0.358 e. The smallest absolute Gasteiger partial charge is 0.253 e. The Balaban J connectivity index is 1.71. The van der Waals surface area contributed by atoms with Gasteiger partial charge in [0.2, 0.25) is 0 Å². The molecule has 0 saturated heterocycles. The Bertz CT molecular complexity index is 739. The first-order chi connectivity index (χ1) is 10.7. The third kappa shape index (κ3) is 2.11. The summed E-state index contributed by atoms with van der Waals surface area (Å²) in [7, 11) is 1.38. The van der Waals surface area contributed by atoms with Crippen molar-refractivity contribution in [2.45, 2.75) is 31.2 Å². The lowest BCUT2D eigenvalue weighted by atomic mass is 9.97. The van der Waals surface area contributed by atoms with Crippen LogP contribution >= 0.6 is 0 Å². The molecule has 1 aromatic heterocycles. The standard InChI is InChI=1S/C16H16FN3O2/c1-22-16-14(17)11-5-4-10(6-12(11)15(21)19-16)20-7-13(18-8-20)9-2-3-9/h4-9,14,16H,2-3H2,1H3,(H,19,21). The van der Waals surface area contributed by atoms with E-state index in [4.69, 9.17) is 4.74 Å². The van der Waals surface area contributed by atoms with Crippen LogP contribution in [0, 0.1) is 0 Å². The molecule has 4 rings (SSSR count). The predicted molar refractivity (Wildman–Crippen MR) is 77.7 cm³/mol. The molecule has 2 heterocycles. The SMILES string of the molecule is COC1NC(=O)c2cc(-n3cnc(C4CC4)c3)ccc2C1F. The number of carbonyl (C=O) groups excluding carboxylic acids is 1. The number of carbonyl (C=O) groups is 1. The highest BCUT2D eigenvalue weighted by molar-refractivity contribution is 5.97. The minimum atomic E-state index is -1.36. The Morgan fingerprint density at radius 2 is 2.23 bits per heavy atom. The Morgan fingerprint density at radius 1 is 1.41 bits per heavy atom. The molecule has 2 aromatic rings. The van der Waals surface area contributed by atoms with Crippen LogP contribution in [0.3, 0.4) is 0 Å². The molecule has 1 amide bonds. The molecular weight excluding hydrogens is 285 g/mol. The molecule has 6 heteroatoms. The number of ether oxygens (including phenoxy) is 1. The number of methoxy groups -OCH3 is 1. The zero-order chi connectivity index (χ0) is 15.3. The second-order valence-corrected chi connectivity index (χ2v) is 5.78. The number of halogens is 1. The number of benzene rings is 1. The number of fused-ring (bicyclic) bond motifs is 1. The first-order valence-corrected chi connectivity index (χ1v) is 7.33. The number of hydrogen-bond acceptors (Lipinski definition) is 3. The van der Waals surface area contributed by atoms with Gasteiger partial charge in [-0.1, -0.05) is 6.07 Å². The van der Waals surface area contributed by atoms with Gasteiger partial charge in [-0.05, 0) is 25.0 Å². The van der Waals surface area contributed by atoms with Crippen LogP contribution in [-0.4, -0.2) is 28.8 Å². The number of amides is 1. The highest BCUT2D eigenvalue weighted by atomic mass is 19.1. The van der Waals surface area contributed by atoms with Crippen LogP contribution in [0.1, 0.15) is 46.5 Å². The third-order valence-corrected chi connectivity index (χ3v) is 4.27. The Kier molecular flexibility index (Phi) is 3.00. The van der Waals surface area contributed by atoms with Crippen molar-refractivity contribution in [1.29, 1.82) is 0 Å². The summed E-state index contributed by atoms with van der Waals surface area (Å²) in [5, 5.41) is 2.52. The summed E-state index contributed by atoms with van der Waals surface area (Å²) in [6, 6.07) is 5.15. The highest BCUT2D eigenvalue weighted by Gasteiger charge is 2.34. The zero-order valence-corrected chi connectivity index (χ0v) is 12.1. The second-order valence-electron chi connectivity index (χ2n) is 5.78. The van der Waals surface area contributed by atoms with E-state index in [-0.39, 0.29) is 5.91 Å². The van der Waals surface area contributed by atoms with Gasteiger partial charge in [-0.15, -0.1) is 0 Å². The number of nitrogens with one attached hydrogen (secondary N) is 1. The van der Waals surface area contributed by atoms with Gasteiger partial charge in [-0.2, -0.15) is 0 Å². The summed E-state index contributed by atoms with van der Waals surface area (Å²) in [6.45, 7) is 0. The van der Waals surface area contributed by atoms with Gasteiger partial charge in [0.05, 0.1) is 12.0 Å². The summed E-state index contributed by atoms with van der Waals surface area (Å²) < 4.78 is 21.1. The molecule has 2 atom stereocenters. The molecule has 1 fully saturated rings. The van der Waals surface area contributed by atoms with Gasteiger partial charge in [0, 0.05) is 36.0 Å². The number of nitrogens with zero attached hydrogens (tertiary/aromatic N) is 2. The van der Waals surface area contributed by atoms with Crippen molar-refractivity contribution in [2.75, 3.05) is 7.11 Å². The quantitative estimate of drug-likeness (QED) is 0.947. The fourth-order valence-electron chi connectivity index (χ4n) is 2.83. The number of hydrogen-bond donors (Lipinski definition) is 1. The fraction of sp³-hybridized carbons (Fsp3) is 0.375. The van der Waals surface area contributed by atoms with Crippen LogP contribution in [0.5, 0.6) is 0 Å². The number of imidazole rings is 1. The minimum Gasteiger partial charge on any atom is -0.358 e. The maximum absolute atomic E-state index is 14.3. The summed E-state index contributed by atoms with van der Waals surface area (Å²) in [6.07, 6.45) is 3.79. The first-order valence-electron chi connectivity index (χ1n) is 7.33. The van der Waals surface area contributed by atoms with Gasteiger partial charge in [-0.25, -0.2) is 9.37 Å². The van der Waals surface area contributed by atoms with Gasteiger partial charge in [-0.3, -0.25) is 4.79 Å². The van der Waals surface area contributed by atoms with Crippen molar-refractivity contribution in [1.82, 2.24) is 14.9 Å².